The zero-order valence-electron chi connectivity index (χ0n) is 72.6. The number of fused-ring (bicyclic) bond motifs is 8. The second-order valence-electron chi connectivity index (χ2n) is 32.2. The second-order valence-corrected chi connectivity index (χ2v) is 33.8. The quantitative estimate of drug-likeness (QED) is 0.0188. The van der Waals surface area contributed by atoms with Crippen molar-refractivity contribution >= 4 is 144 Å². The zero-order chi connectivity index (χ0) is 92.9. The first-order chi connectivity index (χ1) is 63.2. The van der Waals surface area contributed by atoms with Crippen LogP contribution in [-0.4, -0.2) is 270 Å². The number of imide groups is 4. The number of H-pyrrole nitrogens is 8. The average Bonchev–Trinajstić information content (AvgIpc) is 1.61. The average molecular weight is 1860 g/mol. The van der Waals surface area contributed by atoms with Crippen LogP contribution in [0.3, 0.4) is 0 Å². The molecular weight excluding hydrogens is 1760 g/mol. The van der Waals surface area contributed by atoms with Crippen LogP contribution >= 0.6 is 46.4 Å². The standard InChI is InChI=1S/C22H22ClN5O3.C21H20ClN5O3.C20H18ClN5O3.C19H18ClN5O3.C8H9NO2.C2H6/c23-15-5-6-24-20(29)18(15)19-25-16-11-13-14(12-17(16)26-19)22(31)28(21(13)30)10-4-3-9-27-7-1-2-8-27;1-2-26-7-3-4-11(26)10-27-20(29)12-8-15-16(9-13(12)21(27)30)25-18(24-15)17-14(22)5-6-23-19(17)28;21-13-3-4-22-18(27)16(13)17-23-14-9-11-12(10-15(14)24-17)20(29)26(19(11)28)8-7-25-5-1-2-6-25;1-24(2)6-3-7-25-18(27)10-8-13-14(9-11(10)19(25)28)23-16(22-13)15-12(20)4-5-21-17(15)26;1-6-3-4-9-8(11-2)7(6)5-10;1-2/h5-6,11-12H,1-4,7-10H2,(H,24,29)(H,25,26);5-6,8-9,11H,2-4,7,10H2,1H3,(H,23,28)(H,24,25);3-4,9-10H,1-2,5-8H2,(H,22,27)(H,23,24);4-5,8-9H,3,6-7H2,1-2H3,(H,21,26)(H,22,23);3-5H,1-2H3;1-2H3/t;11-;;;;/m.0..../s1. The molecule has 39 heteroatoms. The number of hydrogen-bond donors (Lipinski definition) is 8. The molecule has 35 nitrogen and oxygen atoms in total. The Morgan fingerprint density at radius 3 is 1.08 bits per heavy atom. The largest absolute Gasteiger partial charge is 0.480 e. The topological polar surface area (TPSA) is 448 Å². The van der Waals surface area contributed by atoms with Gasteiger partial charge in [-0.15, -0.1) is 0 Å². The summed E-state index contributed by atoms with van der Waals surface area (Å²) in [5.74, 6) is -0.817. The van der Waals surface area contributed by atoms with E-state index in [2.05, 4.69) is 86.4 Å². The van der Waals surface area contributed by atoms with Gasteiger partial charge in [-0.2, -0.15) is 0 Å². The lowest BCUT2D eigenvalue weighted by atomic mass is 10.1. The van der Waals surface area contributed by atoms with Crippen LogP contribution in [0.25, 0.3) is 89.7 Å². The molecule has 9 aromatic heterocycles. The number of imidazole rings is 4. The number of nitrogens with zero attached hydrogens (tertiary/aromatic N) is 13. The lowest BCUT2D eigenvalue weighted by molar-refractivity contribution is 0.0602. The maximum absolute atomic E-state index is 13.0. The number of pyridine rings is 5. The predicted molar refractivity (Wildman–Crippen MR) is 496 cm³/mol. The third-order valence-corrected chi connectivity index (χ3v) is 25.0. The third kappa shape index (κ3) is 19.0. The lowest BCUT2D eigenvalue weighted by Gasteiger charge is -2.26. The SMILES string of the molecule is CC.CCN1CCC[C@H]1CN1C(=O)c2cc3nc(-c4c(Cl)cc[nH]c4=O)[nH]c3cc2C1=O.CN(C)CCCN1C(=O)c2cc3nc(-c4c(Cl)cc[nH]c4=O)[nH]c3cc2C1=O.COc1nccc(C)c1C=O.O=C1c2cc3nc(-c4c(Cl)cc[nH]c4=O)[nH]c3cc2C(=O)N1CCCCN1CCCC1.O=C1c2cc3nc(-c4c(Cl)cc[nH]c4=O)[nH]c3cc2C(=O)N1CCN1CCCC1. The van der Waals surface area contributed by atoms with Crippen molar-refractivity contribution in [2.45, 2.75) is 91.5 Å². The molecule has 0 unspecified atom stereocenters. The molecule has 7 aliphatic heterocycles. The maximum Gasteiger partial charge on any atom is 0.261 e. The molecule has 1 atom stereocenters. The second kappa shape index (κ2) is 40.0. The van der Waals surface area contributed by atoms with Crippen molar-refractivity contribution in [3.05, 3.63) is 227 Å². The Bertz CT molecular complexity index is 6740. The molecule has 20 rings (SSSR count). The van der Waals surface area contributed by atoms with Crippen LogP contribution in [0.15, 0.2) is 129 Å². The van der Waals surface area contributed by atoms with Gasteiger partial charge < -0.3 is 59.3 Å². The molecule has 7 aliphatic rings. The molecule has 0 bridgehead atoms. The van der Waals surface area contributed by atoms with Crippen LogP contribution in [0.4, 0.5) is 0 Å². The summed E-state index contributed by atoms with van der Waals surface area (Å²) in [6, 6.07) is 21.2. The van der Waals surface area contributed by atoms with Crippen LogP contribution in [0, 0.1) is 6.92 Å². The summed E-state index contributed by atoms with van der Waals surface area (Å²) < 4.78 is 4.87. The van der Waals surface area contributed by atoms with Gasteiger partial charge in [0, 0.05) is 69.7 Å². The fraction of sp³-hybridized carbons (Fsp3) is 0.326. The normalized spacial score (nSPS) is 15.9. The zero-order valence-corrected chi connectivity index (χ0v) is 75.7. The monoisotopic (exact) mass is 1860 g/mol. The number of rotatable bonds is 21. The van der Waals surface area contributed by atoms with Crippen LogP contribution in [0.5, 0.6) is 5.88 Å². The maximum atomic E-state index is 13.0. The van der Waals surface area contributed by atoms with Crippen molar-refractivity contribution < 1.29 is 47.9 Å². The van der Waals surface area contributed by atoms with E-state index in [1.807, 2.05) is 39.8 Å². The highest BCUT2D eigenvalue weighted by Gasteiger charge is 2.42. The number of nitrogens with one attached hydrogen (secondary N) is 8. The summed E-state index contributed by atoms with van der Waals surface area (Å²) in [7, 11) is 5.38. The Morgan fingerprint density at radius 1 is 0.427 bits per heavy atom. The Labute approximate surface area is 767 Å². The van der Waals surface area contributed by atoms with Crippen LogP contribution in [0.1, 0.15) is 177 Å². The van der Waals surface area contributed by atoms with Crippen molar-refractivity contribution in [2.24, 2.45) is 0 Å². The van der Waals surface area contributed by atoms with Gasteiger partial charge in [0.1, 0.15) is 45.6 Å². The fourth-order valence-electron chi connectivity index (χ4n) is 17.1. The number of aromatic amines is 8. The number of unbranched alkanes of at least 4 members (excludes halogenated alkanes) is 1. The minimum atomic E-state index is -0.377. The number of amides is 8. The molecule has 8 amide bonds. The molecule has 0 aliphatic carbocycles. The molecule has 0 radical (unpaired) electrons. The van der Waals surface area contributed by atoms with E-state index in [1.54, 1.807) is 85.1 Å². The number of likely N-dealkylation sites (N-methyl/N-ethyl adjacent to an activating group) is 1. The van der Waals surface area contributed by atoms with Crippen LogP contribution < -0.4 is 27.0 Å². The van der Waals surface area contributed by atoms with Gasteiger partial charge in [-0.1, -0.05) is 67.2 Å². The molecule has 0 spiro atoms. The van der Waals surface area contributed by atoms with Crippen molar-refractivity contribution in [2.75, 3.05) is 106 Å². The summed E-state index contributed by atoms with van der Waals surface area (Å²) in [6.07, 6.45) is 17.6. The molecule has 3 saturated heterocycles. The summed E-state index contributed by atoms with van der Waals surface area (Å²) in [6.45, 7) is 18.2. The minimum absolute atomic E-state index is 0.207. The number of aromatic nitrogens is 13. The molecule has 16 heterocycles. The van der Waals surface area contributed by atoms with Crippen molar-refractivity contribution in [3.8, 4) is 51.4 Å². The Morgan fingerprint density at radius 2 is 0.756 bits per heavy atom. The van der Waals surface area contributed by atoms with E-state index in [4.69, 9.17) is 51.1 Å². The van der Waals surface area contributed by atoms with E-state index in [-0.39, 0.29) is 124 Å². The molecule has 4 aromatic carbocycles. The lowest BCUT2D eigenvalue weighted by Crippen LogP contribution is -2.42. The molecule has 13 aromatic rings. The number of aryl methyl sites for hydroxylation is 1. The van der Waals surface area contributed by atoms with Gasteiger partial charge in [0.25, 0.3) is 69.5 Å². The number of hydrogen-bond acceptors (Lipinski definition) is 23. The number of ether oxygens (including phenoxy) is 1. The third-order valence-electron chi connectivity index (χ3n) is 23.8. The predicted octanol–water partition coefficient (Wildman–Crippen LogP) is 12.3. The molecular formula is C92H93Cl4N21O14. The van der Waals surface area contributed by atoms with Crippen LogP contribution in [0.2, 0.25) is 20.1 Å². The first kappa shape index (κ1) is 92.5. The number of halogens is 4. The van der Waals surface area contributed by atoms with Gasteiger partial charge in [0.15, 0.2) is 6.29 Å². The van der Waals surface area contributed by atoms with Crippen molar-refractivity contribution in [1.29, 1.82) is 0 Å². The smallest absolute Gasteiger partial charge is 0.261 e. The van der Waals surface area contributed by atoms with E-state index in [0.717, 1.165) is 103 Å². The van der Waals surface area contributed by atoms with E-state index in [0.29, 0.717) is 157 Å². The molecule has 8 N–H and O–H groups in total. The number of benzene rings is 4. The minimum Gasteiger partial charge on any atom is -0.480 e. The van der Waals surface area contributed by atoms with Crippen molar-refractivity contribution in [1.82, 2.24) is 104 Å². The fourth-order valence-corrected chi connectivity index (χ4v) is 18.1. The van der Waals surface area contributed by atoms with Crippen LogP contribution in [-0.2, 0) is 0 Å². The van der Waals surface area contributed by atoms with E-state index in [1.165, 1.54) is 64.3 Å². The highest BCUT2D eigenvalue weighted by Crippen LogP contribution is 2.37. The Hall–Kier alpha value is -13.3. The molecule has 131 heavy (non-hydrogen) atoms. The van der Waals surface area contributed by atoms with E-state index >= 15 is 0 Å². The Kier molecular flexibility index (Phi) is 28.2. The van der Waals surface area contributed by atoms with Gasteiger partial charge in [-0.3, -0.25) is 86.8 Å². The summed E-state index contributed by atoms with van der Waals surface area (Å²) in [4.78, 5) is 220. The highest BCUT2D eigenvalue weighted by atomic mass is 35.5. The Balaban J connectivity index is 0.000000128. The van der Waals surface area contributed by atoms with Gasteiger partial charge in [0.2, 0.25) is 5.88 Å². The first-order valence-electron chi connectivity index (χ1n) is 43.1. The van der Waals surface area contributed by atoms with Gasteiger partial charge in [-0.25, -0.2) is 24.9 Å². The number of carbonyl (C=O) groups is 9. The van der Waals surface area contributed by atoms with Crippen molar-refractivity contribution in [3.63, 3.8) is 0 Å². The number of methoxy groups -OCH3 is 1. The van der Waals surface area contributed by atoms with Gasteiger partial charge in [-0.05, 0) is 216 Å². The van der Waals surface area contributed by atoms with E-state index in [9.17, 15) is 62.3 Å². The summed E-state index contributed by atoms with van der Waals surface area (Å²) >= 11 is 24.6. The number of carbonyl (C=O) groups excluding carboxylic acids is 9. The number of likely N-dealkylation sites (tertiary alicyclic amines) is 3. The molecule has 3 fully saturated rings. The van der Waals surface area contributed by atoms with E-state index < -0.39 is 0 Å². The summed E-state index contributed by atoms with van der Waals surface area (Å²) in [5, 5.41) is 1.05. The van der Waals surface area contributed by atoms with Gasteiger partial charge in [0.05, 0.1) is 121 Å². The van der Waals surface area contributed by atoms with Gasteiger partial charge >= 0.3 is 0 Å². The summed E-state index contributed by atoms with van der Waals surface area (Å²) in [5.41, 5.74) is 7.84. The number of aldehydes is 1. The molecule has 0 saturated carbocycles. The molecule has 678 valence electrons. The first-order valence-corrected chi connectivity index (χ1v) is 44.6. The highest BCUT2D eigenvalue weighted by molar-refractivity contribution is 6.35.